The van der Waals surface area contributed by atoms with Crippen LogP contribution in [0.3, 0.4) is 0 Å². The number of piperidine rings is 1. The molecule has 5 heteroatoms. The molecule has 5 nitrogen and oxygen atoms in total. The number of hydrogen-bond donors (Lipinski definition) is 2. The van der Waals surface area contributed by atoms with E-state index in [0.29, 0.717) is 11.6 Å². The highest BCUT2D eigenvalue weighted by Crippen LogP contribution is 2.28. The Morgan fingerprint density at radius 2 is 1.63 bits per heavy atom. The van der Waals surface area contributed by atoms with Gasteiger partial charge in [0.15, 0.2) is 0 Å². The number of carbonyl (C=O) groups excluding carboxylic acids is 1. The Hall–Kier alpha value is -2.92. The highest BCUT2D eigenvalue weighted by molar-refractivity contribution is 5.93. The van der Waals surface area contributed by atoms with Crippen LogP contribution in [0.25, 0.3) is 22.4 Å². The number of hydrogen-bond acceptors (Lipinski definition) is 3. The number of rotatable bonds is 5. The number of nitrogens with one attached hydrogen (secondary N) is 1. The molecule has 1 fully saturated rings. The highest BCUT2D eigenvalue weighted by Gasteiger charge is 2.28. The van der Waals surface area contributed by atoms with E-state index in [1.54, 1.807) is 0 Å². The lowest BCUT2D eigenvalue weighted by Crippen LogP contribution is -2.40. The first-order chi connectivity index (χ1) is 14.4. The topological polar surface area (TPSA) is 69.2 Å². The number of likely N-dealkylation sites (tertiary alicyclic amines) is 1. The second kappa shape index (κ2) is 8.44. The van der Waals surface area contributed by atoms with E-state index in [9.17, 15) is 9.90 Å². The summed E-state index contributed by atoms with van der Waals surface area (Å²) in [5.41, 5.74) is 3.96. The van der Waals surface area contributed by atoms with Gasteiger partial charge in [0.05, 0.1) is 11.3 Å². The molecule has 1 aliphatic heterocycles. The van der Waals surface area contributed by atoms with Crippen LogP contribution in [0, 0.1) is 5.92 Å². The molecule has 2 aromatic carbocycles. The smallest absolute Gasteiger partial charge is 0.271 e. The number of carbonyl (C=O) groups is 1. The molecular weight excluding hydrogens is 374 g/mol. The predicted molar refractivity (Wildman–Crippen MR) is 119 cm³/mol. The van der Waals surface area contributed by atoms with Crippen LogP contribution in [0.4, 0.5) is 0 Å². The Balaban J connectivity index is 1.40. The molecule has 156 valence electrons. The molecule has 2 heterocycles. The minimum absolute atomic E-state index is 0.00337. The number of aromatic nitrogens is 2. The molecule has 30 heavy (non-hydrogen) atoms. The molecule has 1 saturated heterocycles. The summed E-state index contributed by atoms with van der Waals surface area (Å²) in [4.78, 5) is 14.8. The monoisotopic (exact) mass is 403 g/mol. The normalized spacial score (nSPS) is 15.4. The first-order valence-electron chi connectivity index (χ1n) is 10.6. The van der Waals surface area contributed by atoms with Crippen LogP contribution < -0.4 is 0 Å². The zero-order valence-corrected chi connectivity index (χ0v) is 17.6. The van der Waals surface area contributed by atoms with Crippen LogP contribution >= 0.6 is 0 Å². The number of amides is 1. The average Bonchev–Trinajstić information content (AvgIpc) is 3.24. The van der Waals surface area contributed by atoms with Gasteiger partial charge in [-0.05, 0) is 56.2 Å². The third-order valence-electron chi connectivity index (χ3n) is 5.79. The summed E-state index contributed by atoms with van der Waals surface area (Å²) in [5, 5.41) is 17.3. The molecule has 3 aromatic rings. The summed E-state index contributed by atoms with van der Waals surface area (Å²) in [7, 11) is 0. The summed E-state index contributed by atoms with van der Waals surface area (Å²) < 4.78 is 0. The van der Waals surface area contributed by atoms with Gasteiger partial charge >= 0.3 is 0 Å². The van der Waals surface area contributed by atoms with Crippen LogP contribution in [0.2, 0.25) is 0 Å². The van der Waals surface area contributed by atoms with Gasteiger partial charge < -0.3 is 10.0 Å². The van der Waals surface area contributed by atoms with Crippen molar-refractivity contribution in [2.75, 3.05) is 13.1 Å². The second-order valence-corrected chi connectivity index (χ2v) is 8.86. The Bertz CT molecular complexity index is 979. The van der Waals surface area contributed by atoms with Gasteiger partial charge in [0, 0.05) is 18.7 Å². The van der Waals surface area contributed by atoms with Crippen LogP contribution in [-0.2, 0) is 0 Å². The number of aliphatic hydroxyl groups is 1. The second-order valence-electron chi connectivity index (χ2n) is 8.86. The van der Waals surface area contributed by atoms with Gasteiger partial charge in [-0.25, -0.2) is 0 Å². The van der Waals surface area contributed by atoms with Crippen molar-refractivity contribution < 1.29 is 9.90 Å². The molecular formula is C25H29N3O2. The molecule has 2 N–H and O–H groups in total. The quantitative estimate of drug-likeness (QED) is 0.645. The zero-order chi connectivity index (χ0) is 21.1. The predicted octanol–water partition coefficient (Wildman–Crippen LogP) is 4.76. The molecule has 0 radical (unpaired) electrons. The fraction of sp³-hybridized carbons (Fsp3) is 0.360. The summed E-state index contributed by atoms with van der Waals surface area (Å²) in [6.45, 7) is 5.14. The van der Waals surface area contributed by atoms with Crippen molar-refractivity contribution in [2.24, 2.45) is 5.92 Å². The first-order valence-corrected chi connectivity index (χ1v) is 10.6. The molecule has 0 bridgehead atoms. The maximum Gasteiger partial charge on any atom is 0.271 e. The van der Waals surface area contributed by atoms with Crippen LogP contribution in [-0.4, -0.2) is 44.8 Å². The summed E-state index contributed by atoms with van der Waals surface area (Å²) in [6, 6.07) is 20.3. The summed E-state index contributed by atoms with van der Waals surface area (Å²) in [5.74, 6) is 0.464. The highest BCUT2D eigenvalue weighted by atomic mass is 16.3. The maximum atomic E-state index is 12.9. The third-order valence-corrected chi connectivity index (χ3v) is 5.79. The van der Waals surface area contributed by atoms with E-state index >= 15 is 0 Å². The largest absolute Gasteiger partial charge is 0.390 e. The minimum atomic E-state index is -0.648. The van der Waals surface area contributed by atoms with Crippen molar-refractivity contribution in [2.45, 2.75) is 38.7 Å². The van der Waals surface area contributed by atoms with Crippen molar-refractivity contribution in [3.63, 3.8) is 0 Å². The van der Waals surface area contributed by atoms with Crippen molar-refractivity contribution >= 4 is 5.91 Å². The lowest BCUT2D eigenvalue weighted by molar-refractivity contribution is 0.0357. The van der Waals surface area contributed by atoms with E-state index in [-0.39, 0.29) is 5.91 Å². The van der Waals surface area contributed by atoms with Crippen molar-refractivity contribution in [3.8, 4) is 22.4 Å². The zero-order valence-electron chi connectivity index (χ0n) is 17.6. The SMILES string of the molecule is CC(C)(O)CC1CCN(C(=O)c2cc(-c3ccc(-c4ccccc4)cc3)n[nH]2)CC1. The van der Waals surface area contributed by atoms with E-state index in [1.807, 2.05) is 55.1 Å². The van der Waals surface area contributed by atoms with E-state index in [1.165, 1.54) is 5.56 Å². The third kappa shape index (κ3) is 4.79. The Morgan fingerprint density at radius 1 is 1.03 bits per heavy atom. The molecule has 0 spiro atoms. The van der Waals surface area contributed by atoms with E-state index in [2.05, 4.69) is 34.5 Å². The Labute approximate surface area is 177 Å². The summed E-state index contributed by atoms with van der Waals surface area (Å²) >= 11 is 0. The fourth-order valence-electron chi connectivity index (χ4n) is 4.26. The lowest BCUT2D eigenvalue weighted by Gasteiger charge is -2.34. The van der Waals surface area contributed by atoms with Gasteiger partial charge in [-0.1, -0.05) is 54.6 Å². The fourth-order valence-corrected chi connectivity index (χ4v) is 4.26. The number of H-pyrrole nitrogens is 1. The van der Waals surface area contributed by atoms with E-state index < -0.39 is 5.60 Å². The van der Waals surface area contributed by atoms with E-state index in [4.69, 9.17) is 0 Å². The van der Waals surface area contributed by atoms with Crippen molar-refractivity contribution in [3.05, 3.63) is 66.4 Å². The van der Waals surface area contributed by atoms with Gasteiger partial charge in [-0.2, -0.15) is 5.10 Å². The van der Waals surface area contributed by atoms with Gasteiger partial charge in [-0.15, -0.1) is 0 Å². The maximum absolute atomic E-state index is 12.9. The number of aromatic amines is 1. The number of nitrogens with zero attached hydrogens (tertiary/aromatic N) is 2. The Kier molecular flexibility index (Phi) is 5.73. The van der Waals surface area contributed by atoms with Crippen LogP contribution in [0.1, 0.15) is 43.6 Å². The van der Waals surface area contributed by atoms with Crippen LogP contribution in [0.5, 0.6) is 0 Å². The molecule has 0 unspecified atom stereocenters. The molecule has 1 aromatic heterocycles. The minimum Gasteiger partial charge on any atom is -0.390 e. The van der Waals surface area contributed by atoms with Crippen molar-refractivity contribution in [1.82, 2.24) is 15.1 Å². The number of benzene rings is 2. The van der Waals surface area contributed by atoms with Gasteiger partial charge in [-0.3, -0.25) is 9.89 Å². The molecule has 0 atom stereocenters. The molecule has 1 amide bonds. The standard InChI is InChI=1S/C25H29N3O2/c1-25(2,30)17-18-12-14-28(15-13-18)24(29)23-16-22(26-27-23)21-10-8-20(9-11-21)19-6-4-3-5-7-19/h3-11,16,18,30H,12-15,17H2,1-2H3,(H,26,27). The van der Waals surface area contributed by atoms with E-state index in [0.717, 1.165) is 49.2 Å². The first kappa shape index (κ1) is 20.4. The summed E-state index contributed by atoms with van der Waals surface area (Å²) in [6.07, 6.45) is 2.64. The molecule has 0 saturated carbocycles. The van der Waals surface area contributed by atoms with Gasteiger partial charge in [0.1, 0.15) is 5.69 Å². The molecule has 4 rings (SSSR count). The van der Waals surface area contributed by atoms with Gasteiger partial charge in [0.25, 0.3) is 5.91 Å². The molecule has 0 aliphatic carbocycles. The van der Waals surface area contributed by atoms with Crippen LogP contribution in [0.15, 0.2) is 60.7 Å². The lowest BCUT2D eigenvalue weighted by atomic mass is 9.86. The molecule has 1 aliphatic rings. The average molecular weight is 404 g/mol. The van der Waals surface area contributed by atoms with Crippen molar-refractivity contribution in [1.29, 1.82) is 0 Å². The van der Waals surface area contributed by atoms with Gasteiger partial charge in [0.2, 0.25) is 0 Å². The Morgan fingerprint density at radius 3 is 2.27 bits per heavy atom.